The number of carbonyl (C=O) groups excluding carboxylic acids is 1. The second kappa shape index (κ2) is 11.0. The van der Waals surface area contributed by atoms with Gasteiger partial charge in [-0.3, -0.25) is 0 Å². The van der Waals surface area contributed by atoms with Crippen molar-refractivity contribution in [2.24, 2.45) is 0 Å². The molecule has 0 amide bonds. The summed E-state index contributed by atoms with van der Waals surface area (Å²) >= 11 is -1.81. The Morgan fingerprint density at radius 2 is 1.40 bits per heavy atom. The second-order valence-corrected chi connectivity index (χ2v) is 0.900. The SMILES string of the molecule is O=C([O-])C(=O)O.[NH4+].[O]=[V]=[O]. The number of carboxylic acid groups (broad SMARTS) is 2. The molecule has 10 heavy (non-hydrogen) atoms. The topological polar surface area (TPSA) is 148 Å². The quantitative estimate of drug-likeness (QED) is 0.420. The molecule has 0 atom stereocenters. The molecule has 0 fully saturated rings. The molecule has 0 aromatic rings. The molecule has 59 valence electrons. The number of aliphatic carboxylic acids is 2. The van der Waals surface area contributed by atoms with Crippen molar-refractivity contribution >= 4 is 11.9 Å². The van der Waals surface area contributed by atoms with Crippen molar-refractivity contribution < 1.29 is 43.3 Å². The Hall–Kier alpha value is -0.916. The summed E-state index contributed by atoms with van der Waals surface area (Å²) in [5, 5.41) is 16.3. The fraction of sp³-hybridized carbons (Fsp3) is 0. The van der Waals surface area contributed by atoms with Crippen molar-refractivity contribution in [1.29, 1.82) is 0 Å². The Morgan fingerprint density at radius 3 is 1.40 bits per heavy atom. The van der Waals surface area contributed by atoms with Gasteiger partial charge >= 0.3 is 29.5 Å². The molecule has 0 aliphatic heterocycles. The predicted molar refractivity (Wildman–Crippen MR) is 20.0 cm³/mol. The molecule has 0 aromatic carbocycles. The van der Waals surface area contributed by atoms with Gasteiger partial charge in [0.25, 0.3) is 0 Å². The zero-order chi connectivity index (χ0) is 7.86. The van der Waals surface area contributed by atoms with Crippen LogP contribution in [-0.4, -0.2) is 17.0 Å². The summed E-state index contributed by atoms with van der Waals surface area (Å²) in [6.07, 6.45) is 0. The summed E-state index contributed by atoms with van der Waals surface area (Å²) in [5.41, 5.74) is 0. The van der Waals surface area contributed by atoms with Gasteiger partial charge in [-0.25, -0.2) is 4.79 Å². The van der Waals surface area contributed by atoms with Crippen LogP contribution in [0, 0.1) is 0 Å². The van der Waals surface area contributed by atoms with Crippen molar-refractivity contribution in [2.45, 2.75) is 0 Å². The van der Waals surface area contributed by atoms with Crippen LogP contribution in [0.3, 0.4) is 0 Å². The van der Waals surface area contributed by atoms with Gasteiger partial charge in [-0.1, -0.05) is 0 Å². The van der Waals surface area contributed by atoms with Crippen LogP contribution in [0.25, 0.3) is 0 Å². The number of quaternary nitrogens is 1. The first-order valence-electron chi connectivity index (χ1n) is 1.45. The average Bonchev–Trinajstić information content (AvgIpc) is 1.68. The standard InChI is InChI=1S/C2H2O4.H3N.2O.V/c3-1(4)2(5)6;;;;/h(H,3,4)(H,5,6);1H3;;;. The molecular weight excluding hydrogens is 185 g/mol. The van der Waals surface area contributed by atoms with Crippen molar-refractivity contribution in [3.05, 3.63) is 0 Å². The first-order chi connectivity index (χ1) is 4.06. The Kier molecular flexibility index (Phi) is 17.6. The van der Waals surface area contributed by atoms with E-state index in [2.05, 4.69) is 0 Å². The molecule has 0 unspecified atom stereocenters. The molecule has 0 aliphatic rings. The Balaban J connectivity index is -0.000000107. The number of hydrogen-bond donors (Lipinski definition) is 2. The van der Waals surface area contributed by atoms with Crippen LogP contribution in [0.5, 0.6) is 0 Å². The zero-order valence-electron chi connectivity index (χ0n) is 4.94. The van der Waals surface area contributed by atoms with Crippen molar-refractivity contribution in [1.82, 2.24) is 6.15 Å². The molecule has 0 radical (unpaired) electrons. The van der Waals surface area contributed by atoms with Gasteiger partial charge in [-0.05, 0) is 0 Å². The summed E-state index contributed by atoms with van der Waals surface area (Å²) in [6.45, 7) is 0. The van der Waals surface area contributed by atoms with Crippen LogP contribution in [0.1, 0.15) is 0 Å². The summed E-state index contributed by atoms with van der Waals surface area (Å²) in [4.78, 5) is 18.0. The molecule has 5 N–H and O–H groups in total. The van der Waals surface area contributed by atoms with Crippen LogP contribution in [0.15, 0.2) is 0 Å². The van der Waals surface area contributed by atoms with E-state index < -0.39 is 28.1 Å². The third kappa shape index (κ3) is 27.6. The molecule has 0 heterocycles. The van der Waals surface area contributed by atoms with Crippen LogP contribution in [0.4, 0.5) is 0 Å². The van der Waals surface area contributed by atoms with E-state index in [1.807, 2.05) is 0 Å². The van der Waals surface area contributed by atoms with E-state index in [9.17, 15) is 0 Å². The zero-order valence-corrected chi connectivity index (χ0v) is 6.33. The minimum atomic E-state index is -2.07. The monoisotopic (exact) mass is 190 g/mol. The molecular formula is C2H5NO6V. The van der Waals surface area contributed by atoms with Gasteiger partial charge in [0, 0.05) is 0 Å². The number of carbonyl (C=O) groups is 2. The molecule has 0 spiro atoms. The molecule has 0 aliphatic carbocycles. The van der Waals surface area contributed by atoms with Crippen LogP contribution in [0.2, 0.25) is 0 Å². The number of carboxylic acids is 2. The Bertz CT molecular complexity index is 136. The Morgan fingerprint density at radius 1 is 1.30 bits per heavy atom. The summed E-state index contributed by atoms with van der Waals surface area (Å²) in [7, 11) is 0. The van der Waals surface area contributed by atoms with E-state index in [0.717, 1.165) is 0 Å². The van der Waals surface area contributed by atoms with Gasteiger partial charge in [0.1, 0.15) is 0 Å². The van der Waals surface area contributed by atoms with Gasteiger partial charge in [-0.15, -0.1) is 0 Å². The normalized spacial score (nSPS) is 5.20. The minimum absolute atomic E-state index is 0. The number of rotatable bonds is 0. The summed E-state index contributed by atoms with van der Waals surface area (Å²) in [6, 6.07) is 0. The van der Waals surface area contributed by atoms with E-state index in [0.29, 0.717) is 0 Å². The van der Waals surface area contributed by atoms with E-state index in [1.54, 1.807) is 0 Å². The summed E-state index contributed by atoms with van der Waals surface area (Å²) < 4.78 is 16.9. The van der Waals surface area contributed by atoms with Crippen LogP contribution < -0.4 is 11.3 Å². The third-order valence-corrected chi connectivity index (χ3v) is 0.175. The van der Waals surface area contributed by atoms with E-state index in [1.165, 1.54) is 0 Å². The molecule has 0 bridgehead atoms. The molecule has 0 aromatic heterocycles. The average molecular weight is 190 g/mol. The molecule has 0 rings (SSSR count). The van der Waals surface area contributed by atoms with Gasteiger partial charge in [-0.2, -0.15) is 0 Å². The van der Waals surface area contributed by atoms with Crippen molar-refractivity contribution in [3.8, 4) is 0 Å². The van der Waals surface area contributed by atoms with Gasteiger partial charge in [0.05, 0.1) is 0 Å². The van der Waals surface area contributed by atoms with Crippen LogP contribution in [-0.2, 0) is 33.1 Å². The number of hydrogen-bond acceptors (Lipinski definition) is 5. The van der Waals surface area contributed by atoms with E-state index in [4.69, 9.17) is 27.2 Å². The maximum atomic E-state index is 9.04. The molecule has 0 saturated carbocycles. The molecule has 7 nitrogen and oxygen atoms in total. The van der Waals surface area contributed by atoms with Gasteiger partial charge in [0.2, 0.25) is 0 Å². The predicted octanol–water partition coefficient (Wildman–Crippen LogP) is -2.04. The van der Waals surface area contributed by atoms with Crippen LogP contribution >= 0.6 is 0 Å². The fourth-order valence-electron chi connectivity index (χ4n) is 0. The fourth-order valence-corrected chi connectivity index (χ4v) is 0. The first kappa shape index (κ1) is 16.0. The second-order valence-electron chi connectivity index (χ2n) is 0.667. The molecule has 8 heteroatoms. The first-order valence-corrected chi connectivity index (χ1v) is 2.59. The molecule has 0 saturated heterocycles. The Labute approximate surface area is 62.1 Å². The third-order valence-electron chi connectivity index (χ3n) is 0.175. The van der Waals surface area contributed by atoms with Crippen molar-refractivity contribution in [2.75, 3.05) is 0 Å². The van der Waals surface area contributed by atoms with Crippen molar-refractivity contribution in [3.63, 3.8) is 0 Å². The van der Waals surface area contributed by atoms with Gasteiger partial charge in [0.15, 0.2) is 5.97 Å². The van der Waals surface area contributed by atoms with Gasteiger partial charge < -0.3 is 21.2 Å². The maximum absolute atomic E-state index is 9.04. The van der Waals surface area contributed by atoms with E-state index in [-0.39, 0.29) is 6.15 Å². The van der Waals surface area contributed by atoms with E-state index >= 15 is 0 Å². The summed E-state index contributed by atoms with van der Waals surface area (Å²) in [5.74, 6) is -4.01.